The number of benzene rings is 1. The van der Waals surface area contributed by atoms with Crippen LogP contribution in [0, 0.1) is 23.6 Å². The van der Waals surface area contributed by atoms with Gasteiger partial charge in [0.15, 0.2) is 0 Å². The zero-order valence-electron chi connectivity index (χ0n) is 11.9. The smallest absolute Gasteiger partial charge is 0.129 e. The van der Waals surface area contributed by atoms with Gasteiger partial charge in [-0.05, 0) is 49.8 Å². The number of rotatable bonds is 3. The fourth-order valence-electron chi connectivity index (χ4n) is 3.32. The lowest BCUT2D eigenvalue weighted by Crippen LogP contribution is -2.32. The van der Waals surface area contributed by atoms with Crippen LogP contribution in [0.4, 0.5) is 4.39 Å². The van der Waals surface area contributed by atoms with Gasteiger partial charge in [0.05, 0.1) is 0 Å². The maximum atomic E-state index is 14.1. The molecule has 0 heterocycles. The van der Waals surface area contributed by atoms with Gasteiger partial charge in [0, 0.05) is 16.6 Å². The van der Waals surface area contributed by atoms with Gasteiger partial charge in [0.2, 0.25) is 0 Å². The zero-order chi connectivity index (χ0) is 14.0. The molecule has 19 heavy (non-hydrogen) atoms. The van der Waals surface area contributed by atoms with Crippen LogP contribution in [0.3, 0.4) is 0 Å². The van der Waals surface area contributed by atoms with Gasteiger partial charge in [0.25, 0.3) is 0 Å². The van der Waals surface area contributed by atoms with Crippen LogP contribution in [0.25, 0.3) is 0 Å². The Hall–Kier alpha value is -0.600. The molecule has 106 valence electrons. The van der Waals surface area contributed by atoms with Gasteiger partial charge < -0.3 is 5.32 Å². The first-order valence-electron chi connectivity index (χ1n) is 7.15. The summed E-state index contributed by atoms with van der Waals surface area (Å²) in [6.07, 6.45) is 3.50. The molecule has 0 aliphatic heterocycles. The molecule has 0 aromatic heterocycles. The normalized spacial score (nSPS) is 29.2. The Morgan fingerprint density at radius 2 is 2.00 bits per heavy atom. The molecular formula is C16H23ClFN. The molecule has 2 rings (SSSR count). The largest absolute Gasteiger partial charge is 0.313 e. The Balaban J connectivity index is 2.25. The lowest BCUT2D eigenvalue weighted by Gasteiger charge is -2.37. The van der Waals surface area contributed by atoms with Gasteiger partial charge >= 0.3 is 0 Å². The first kappa shape index (κ1) is 14.8. The topological polar surface area (TPSA) is 12.0 Å². The van der Waals surface area contributed by atoms with E-state index in [1.165, 1.54) is 12.5 Å². The van der Waals surface area contributed by atoms with Gasteiger partial charge in [-0.25, -0.2) is 4.39 Å². The van der Waals surface area contributed by atoms with E-state index in [4.69, 9.17) is 11.6 Å². The van der Waals surface area contributed by atoms with Crippen LogP contribution in [0.1, 0.15) is 44.7 Å². The van der Waals surface area contributed by atoms with Crippen molar-refractivity contribution in [2.75, 3.05) is 7.05 Å². The van der Waals surface area contributed by atoms with Crippen molar-refractivity contribution in [3.63, 3.8) is 0 Å². The summed E-state index contributed by atoms with van der Waals surface area (Å²) in [6, 6.07) is 4.96. The van der Waals surface area contributed by atoms with Crippen molar-refractivity contribution in [1.29, 1.82) is 0 Å². The first-order chi connectivity index (χ1) is 9.04. The van der Waals surface area contributed by atoms with E-state index in [1.54, 1.807) is 12.1 Å². The molecule has 0 radical (unpaired) electrons. The second-order valence-electron chi connectivity index (χ2n) is 5.93. The van der Waals surface area contributed by atoms with Crippen LogP contribution in [0.2, 0.25) is 5.02 Å². The van der Waals surface area contributed by atoms with Crippen molar-refractivity contribution in [2.24, 2.45) is 17.8 Å². The molecule has 1 nitrogen and oxygen atoms in total. The van der Waals surface area contributed by atoms with Gasteiger partial charge in [-0.3, -0.25) is 0 Å². The fourth-order valence-corrected chi connectivity index (χ4v) is 3.60. The van der Waals surface area contributed by atoms with E-state index < -0.39 is 0 Å². The second kappa shape index (κ2) is 6.23. The fraction of sp³-hybridized carbons (Fsp3) is 0.625. The third-order valence-electron chi connectivity index (χ3n) is 4.73. The summed E-state index contributed by atoms with van der Waals surface area (Å²) in [6.45, 7) is 4.61. The lowest BCUT2D eigenvalue weighted by molar-refractivity contribution is 0.173. The molecular weight excluding hydrogens is 261 g/mol. The maximum absolute atomic E-state index is 14.1. The predicted molar refractivity (Wildman–Crippen MR) is 78.9 cm³/mol. The van der Waals surface area contributed by atoms with Crippen LogP contribution < -0.4 is 5.32 Å². The Morgan fingerprint density at radius 3 is 2.58 bits per heavy atom. The van der Waals surface area contributed by atoms with Gasteiger partial charge in [0.1, 0.15) is 5.82 Å². The molecule has 1 fully saturated rings. The highest BCUT2D eigenvalue weighted by Gasteiger charge is 2.32. The van der Waals surface area contributed by atoms with Crippen molar-refractivity contribution in [1.82, 2.24) is 5.32 Å². The first-order valence-corrected chi connectivity index (χ1v) is 7.53. The number of halogens is 2. The van der Waals surface area contributed by atoms with Crippen molar-refractivity contribution in [3.05, 3.63) is 34.6 Å². The molecule has 3 heteroatoms. The van der Waals surface area contributed by atoms with Crippen molar-refractivity contribution in [2.45, 2.75) is 39.2 Å². The summed E-state index contributed by atoms with van der Waals surface area (Å²) in [5.74, 6) is 1.73. The summed E-state index contributed by atoms with van der Waals surface area (Å²) in [5, 5.41) is 3.81. The van der Waals surface area contributed by atoms with Gasteiger partial charge in [-0.2, -0.15) is 0 Å². The third kappa shape index (κ3) is 3.11. The molecule has 0 bridgehead atoms. The van der Waals surface area contributed by atoms with E-state index in [2.05, 4.69) is 19.2 Å². The highest BCUT2D eigenvalue weighted by Crippen LogP contribution is 2.41. The highest BCUT2D eigenvalue weighted by molar-refractivity contribution is 6.31. The maximum Gasteiger partial charge on any atom is 0.129 e. The van der Waals surface area contributed by atoms with E-state index in [0.717, 1.165) is 18.8 Å². The molecule has 1 aromatic rings. The molecule has 0 spiro atoms. The zero-order valence-corrected chi connectivity index (χ0v) is 12.7. The summed E-state index contributed by atoms with van der Waals surface area (Å²) in [7, 11) is 1.90. The summed E-state index contributed by atoms with van der Waals surface area (Å²) >= 11 is 6.21. The summed E-state index contributed by atoms with van der Waals surface area (Å²) in [5.41, 5.74) is 0.637. The van der Waals surface area contributed by atoms with Crippen LogP contribution in [0.15, 0.2) is 18.2 Å². The van der Waals surface area contributed by atoms with Crippen molar-refractivity contribution in [3.8, 4) is 0 Å². The minimum Gasteiger partial charge on any atom is -0.313 e. The van der Waals surface area contributed by atoms with E-state index in [9.17, 15) is 4.39 Å². The number of hydrogen-bond acceptors (Lipinski definition) is 1. The minimum absolute atomic E-state index is 0.0173. The molecule has 1 saturated carbocycles. The molecule has 1 aliphatic rings. The van der Waals surface area contributed by atoms with E-state index in [-0.39, 0.29) is 11.9 Å². The Labute approximate surface area is 120 Å². The van der Waals surface area contributed by atoms with Gasteiger partial charge in [-0.15, -0.1) is 0 Å². The number of nitrogens with one attached hydrogen (secondary N) is 1. The van der Waals surface area contributed by atoms with E-state index in [1.807, 2.05) is 7.05 Å². The van der Waals surface area contributed by atoms with Crippen LogP contribution in [-0.4, -0.2) is 7.05 Å². The number of hydrogen-bond donors (Lipinski definition) is 1. The van der Waals surface area contributed by atoms with Crippen molar-refractivity contribution >= 4 is 11.6 Å². The van der Waals surface area contributed by atoms with Gasteiger partial charge in [-0.1, -0.05) is 37.9 Å². The molecule has 0 saturated heterocycles. The van der Waals surface area contributed by atoms with Crippen LogP contribution in [-0.2, 0) is 0 Å². The molecule has 1 aliphatic carbocycles. The summed E-state index contributed by atoms with van der Waals surface area (Å²) < 4.78 is 14.1. The average Bonchev–Trinajstić information content (AvgIpc) is 2.37. The summed E-state index contributed by atoms with van der Waals surface area (Å²) in [4.78, 5) is 0. The monoisotopic (exact) mass is 283 g/mol. The minimum atomic E-state index is -0.196. The average molecular weight is 284 g/mol. The van der Waals surface area contributed by atoms with Crippen molar-refractivity contribution < 1.29 is 4.39 Å². The standard InChI is InChI=1S/C16H23ClFN/c1-10-7-8-12(9-11(10)2)16(19-3)15-13(17)5-4-6-14(15)18/h4-6,10-12,16,19H,7-9H2,1-3H3. The molecule has 1 N–H and O–H groups in total. The molecule has 1 aromatic carbocycles. The Bertz CT molecular complexity index is 415. The second-order valence-corrected chi connectivity index (χ2v) is 6.34. The molecule has 4 atom stereocenters. The Morgan fingerprint density at radius 1 is 1.26 bits per heavy atom. The quantitative estimate of drug-likeness (QED) is 0.839. The van der Waals surface area contributed by atoms with E-state index >= 15 is 0 Å². The van der Waals surface area contributed by atoms with Crippen LogP contribution >= 0.6 is 11.6 Å². The lowest BCUT2D eigenvalue weighted by atomic mass is 9.72. The Kier molecular flexibility index (Phi) is 4.86. The third-order valence-corrected chi connectivity index (χ3v) is 5.06. The molecule has 0 amide bonds. The van der Waals surface area contributed by atoms with E-state index in [0.29, 0.717) is 22.4 Å². The molecule has 4 unspecified atom stereocenters. The highest BCUT2D eigenvalue weighted by atomic mass is 35.5. The predicted octanol–water partition coefficient (Wildman–Crippen LogP) is 4.81. The van der Waals surface area contributed by atoms with Crippen LogP contribution in [0.5, 0.6) is 0 Å². The SMILES string of the molecule is CNC(c1c(F)cccc1Cl)C1CCC(C)C(C)C1.